The van der Waals surface area contributed by atoms with Gasteiger partial charge < -0.3 is 9.67 Å². The van der Waals surface area contributed by atoms with Crippen molar-refractivity contribution in [3.05, 3.63) is 29.3 Å². The summed E-state index contributed by atoms with van der Waals surface area (Å²) in [5, 5.41) is 18.6. The molecule has 1 aromatic heterocycles. The molecule has 0 aliphatic carbocycles. The van der Waals surface area contributed by atoms with Crippen molar-refractivity contribution < 1.29 is 5.11 Å². The first kappa shape index (κ1) is 13.4. The zero-order valence-corrected chi connectivity index (χ0v) is 11.6. The Morgan fingerprint density at radius 1 is 1.33 bits per heavy atom. The first-order chi connectivity index (χ1) is 8.74. The maximum Gasteiger partial charge on any atom is 0.191 e. The Morgan fingerprint density at radius 2 is 2.11 bits per heavy atom. The monoisotopic (exact) mass is 283 g/mol. The van der Waals surface area contributed by atoms with Crippen molar-refractivity contribution in [2.45, 2.75) is 11.6 Å². The summed E-state index contributed by atoms with van der Waals surface area (Å²) in [6.45, 7) is 0.197. The topological polar surface area (TPSA) is 50.9 Å². The van der Waals surface area contributed by atoms with Crippen molar-refractivity contribution in [2.75, 3.05) is 12.4 Å². The van der Waals surface area contributed by atoms with E-state index in [1.807, 2.05) is 35.9 Å². The summed E-state index contributed by atoms with van der Waals surface area (Å²) in [6, 6.07) is 7.58. The second-order valence-corrected chi connectivity index (χ2v) is 5.24. The Balaban J connectivity index is 2.23. The number of hydrogen-bond acceptors (Lipinski definition) is 4. The number of aliphatic hydroxyl groups excluding tert-OH is 1. The summed E-state index contributed by atoms with van der Waals surface area (Å²) in [4.78, 5) is 0. The molecule has 0 atom stereocenters. The molecule has 96 valence electrons. The third-order valence-corrected chi connectivity index (χ3v) is 3.92. The minimum atomic E-state index is 0.197. The average Bonchev–Trinajstić information content (AvgIpc) is 2.72. The molecule has 0 spiro atoms. The normalized spacial score (nSPS) is 10.8. The first-order valence-corrected chi connectivity index (χ1v) is 6.98. The minimum Gasteiger partial charge on any atom is -0.396 e. The van der Waals surface area contributed by atoms with Crippen LogP contribution in [0.3, 0.4) is 0 Å². The highest BCUT2D eigenvalue weighted by Gasteiger charge is 2.13. The lowest BCUT2D eigenvalue weighted by atomic mass is 10.2. The van der Waals surface area contributed by atoms with E-state index < -0.39 is 0 Å². The van der Waals surface area contributed by atoms with Crippen LogP contribution in [0.4, 0.5) is 0 Å². The Bertz CT molecular complexity index is 530. The fourth-order valence-electron chi connectivity index (χ4n) is 1.55. The zero-order chi connectivity index (χ0) is 13.0. The molecular formula is C12H14ClN3OS. The van der Waals surface area contributed by atoms with Gasteiger partial charge >= 0.3 is 0 Å². The van der Waals surface area contributed by atoms with Crippen LogP contribution in [-0.4, -0.2) is 32.2 Å². The molecule has 6 heteroatoms. The second-order valence-electron chi connectivity index (χ2n) is 3.77. The highest BCUT2D eigenvalue weighted by Crippen LogP contribution is 2.28. The molecule has 2 aromatic rings. The molecule has 0 aliphatic rings. The molecule has 1 aromatic carbocycles. The molecule has 0 saturated carbocycles. The van der Waals surface area contributed by atoms with E-state index in [1.54, 1.807) is 11.8 Å². The summed E-state index contributed by atoms with van der Waals surface area (Å²) in [5.74, 6) is 1.58. The molecule has 1 N–H and O–H groups in total. The Morgan fingerprint density at radius 3 is 2.83 bits per heavy atom. The number of thioether (sulfide) groups is 1. The summed E-state index contributed by atoms with van der Waals surface area (Å²) < 4.78 is 1.92. The molecule has 18 heavy (non-hydrogen) atoms. The standard InChI is InChI=1S/C12H14ClN3OS/c1-16-11(9-5-2-3-6-10(9)13)14-15-12(16)18-8-4-7-17/h2-3,5-6,17H,4,7-8H2,1H3. The number of aromatic nitrogens is 3. The van der Waals surface area contributed by atoms with E-state index in [0.29, 0.717) is 5.02 Å². The summed E-state index contributed by atoms with van der Waals surface area (Å²) in [7, 11) is 1.92. The number of rotatable bonds is 5. The van der Waals surface area contributed by atoms with Crippen LogP contribution in [0.2, 0.25) is 5.02 Å². The largest absolute Gasteiger partial charge is 0.396 e. The lowest BCUT2D eigenvalue weighted by molar-refractivity contribution is 0.296. The fraction of sp³-hybridized carbons (Fsp3) is 0.333. The van der Waals surface area contributed by atoms with E-state index in [4.69, 9.17) is 16.7 Å². The number of benzene rings is 1. The van der Waals surface area contributed by atoms with E-state index in [2.05, 4.69) is 10.2 Å². The van der Waals surface area contributed by atoms with Gasteiger partial charge in [0.2, 0.25) is 0 Å². The summed E-state index contributed by atoms with van der Waals surface area (Å²) in [6.07, 6.45) is 0.749. The van der Waals surface area contributed by atoms with Gasteiger partial charge in [-0.3, -0.25) is 0 Å². The Kier molecular flexibility index (Phi) is 4.63. The minimum absolute atomic E-state index is 0.197. The number of aliphatic hydroxyl groups is 1. The van der Waals surface area contributed by atoms with Crippen LogP contribution >= 0.6 is 23.4 Å². The van der Waals surface area contributed by atoms with Crippen LogP contribution < -0.4 is 0 Å². The van der Waals surface area contributed by atoms with Crippen LogP contribution in [0, 0.1) is 0 Å². The average molecular weight is 284 g/mol. The van der Waals surface area contributed by atoms with Crippen LogP contribution in [-0.2, 0) is 7.05 Å². The maximum absolute atomic E-state index is 8.76. The Hall–Kier alpha value is -1.04. The van der Waals surface area contributed by atoms with Gasteiger partial charge in [-0.15, -0.1) is 10.2 Å². The van der Waals surface area contributed by atoms with Crippen molar-refractivity contribution in [3.63, 3.8) is 0 Å². The fourth-order valence-corrected chi connectivity index (χ4v) is 2.60. The Labute approximate surface area is 115 Å². The van der Waals surface area contributed by atoms with Crippen molar-refractivity contribution in [3.8, 4) is 11.4 Å². The number of nitrogens with zero attached hydrogens (tertiary/aromatic N) is 3. The molecule has 0 unspecified atom stereocenters. The van der Waals surface area contributed by atoms with Gasteiger partial charge in [-0.2, -0.15) is 0 Å². The molecule has 0 bridgehead atoms. The van der Waals surface area contributed by atoms with Crippen LogP contribution in [0.15, 0.2) is 29.4 Å². The maximum atomic E-state index is 8.76. The highest BCUT2D eigenvalue weighted by atomic mass is 35.5. The van der Waals surface area contributed by atoms with E-state index in [9.17, 15) is 0 Å². The molecule has 2 rings (SSSR count). The van der Waals surface area contributed by atoms with Crippen molar-refractivity contribution in [1.82, 2.24) is 14.8 Å². The quantitative estimate of drug-likeness (QED) is 0.677. The molecule has 0 fully saturated rings. The smallest absolute Gasteiger partial charge is 0.191 e. The lowest BCUT2D eigenvalue weighted by Gasteiger charge is -2.04. The van der Waals surface area contributed by atoms with E-state index in [-0.39, 0.29) is 6.61 Å². The van der Waals surface area contributed by atoms with Crippen LogP contribution in [0.25, 0.3) is 11.4 Å². The van der Waals surface area contributed by atoms with E-state index in [1.165, 1.54) is 0 Å². The molecule has 0 saturated heterocycles. The number of halogens is 1. The predicted octanol–water partition coefficient (Wildman–Crippen LogP) is 2.61. The van der Waals surface area contributed by atoms with Crippen molar-refractivity contribution in [1.29, 1.82) is 0 Å². The van der Waals surface area contributed by atoms with Crippen molar-refractivity contribution in [2.24, 2.45) is 7.05 Å². The summed E-state index contributed by atoms with van der Waals surface area (Å²) in [5.41, 5.74) is 0.878. The van der Waals surface area contributed by atoms with Gasteiger partial charge in [0.05, 0.1) is 5.02 Å². The molecule has 0 radical (unpaired) electrons. The molecule has 0 amide bonds. The van der Waals surface area contributed by atoms with Crippen molar-refractivity contribution >= 4 is 23.4 Å². The van der Waals surface area contributed by atoms with Crippen LogP contribution in [0.5, 0.6) is 0 Å². The van der Waals surface area contributed by atoms with Gasteiger partial charge in [0.15, 0.2) is 11.0 Å². The molecular weight excluding hydrogens is 270 g/mol. The molecule has 4 nitrogen and oxygen atoms in total. The van der Waals surface area contributed by atoms with Gasteiger partial charge in [-0.05, 0) is 18.6 Å². The van der Waals surface area contributed by atoms with Gasteiger partial charge in [0.1, 0.15) is 0 Å². The SMILES string of the molecule is Cn1c(SCCCO)nnc1-c1ccccc1Cl. The molecule has 1 heterocycles. The highest BCUT2D eigenvalue weighted by molar-refractivity contribution is 7.99. The lowest BCUT2D eigenvalue weighted by Crippen LogP contribution is -1.96. The third kappa shape index (κ3) is 2.85. The number of hydrogen-bond donors (Lipinski definition) is 1. The van der Waals surface area contributed by atoms with Gasteiger partial charge in [0.25, 0.3) is 0 Å². The first-order valence-electron chi connectivity index (χ1n) is 5.62. The van der Waals surface area contributed by atoms with Crippen LogP contribution in [0.1, 0.15) is 6.42 Å². The second kappa shape index (κ2) is 6.22. The predicted molar refractivity (Wildman–Crippen MR) is 73.9 cm³/mol. The van der Waals surface area contributed by atoms with Gasteiger partial charge in [-0.25, -0.2) is 0 Å². The van der Waals surface area contributed by atoms with E-state index in [0.717, 1.165) is 28.7 Å². The zero-order valence-electron chi connectivity index (χ0n) is 10.0. The van der Waals surface area contributed by atoms with Gasteiger partial charge in [0, 0.05) is 25.0 Å². The van der Waals surface area contributed by atoms with E-state index >= 15 is 0 Å². The third-order valence-electron chi connectivity index (χ3n) is 2.48. The molecule has 0 aliphatic heterocycles. The van der Waals surface area contributed by atoms with Gasteiger partial charge in [-0.1, -0.05) is 35.5 Å². The summed E-state index contributed by atoms with van der Waals surface area (Å²) >= 11 is 7.73.